The van der Waals surface area contributed by atoms with Crippen molar-refractivity contribution in [3.63, 3.8) is 0 Å². The van der Waals surface area contributed by atoms with Crippen molar-refractivity contribution in [2.24, 2.45) is 5.92 Å². The SMILES string of the molecule is C[C@H](OCC(F)(F)F)C(=O)N1CCC[C@H](C(=O)O)C1. The average molecular weight is 283 g/mol. The number of aliphatic carboxylic acids is 1. The molecule has 0 radical (unpaired) electrons. The predicted molar refractivity (Wildman–Crippen MR) is 58.4 cm³/mol. The summed E-state index contributed by atoms with van der Waals surface area (Å²) in [6.07, 6.45) is -4.72. The Balaban J connectivity index is 2.49. The molecule has 0 saturated carbocycles. The molecule has 1 heterocycles. The van der Waals surface area contributed by atoms with Crippen LogP contribution in [0, 0.1) is 5.92 Å². The van der Waals surface area contributed by atoms with Crippen LogP contribution in [0.1, 0.15) is 19.8 Å². The Bertz CT molecular complexity index is 345. The summed E-state index contributed by atoms with van der Waals surface area (Å²) in [6, 6.07) is 0. The predicted octanol–water partition coefficient (Wildman–Crippen LogP) is 1.28. The van der Waals surface area contributed by atoms with Gasteiger partial charge >= 0.3 is 12.1 Å². The van der Waals surface area contributed by atoms with E-state index in [1.54, 1.807) is 0 Å². The third kappa shape index (κ3) is 5.06. The Morgan fingerprint density at radius 3 is 2.63 bits per heavy atom. The molecule has 1 amide bonds. The van der Waals surface area contributed by atoms with E-state index in [2.05, 4.69) is 4.74 Å². The number of carbonyl (C=O) groups is 2. The lowest BCUT2D eigenvalue weighted by Gasteiger charge is -2.32. The van der Waals surface area contributed by atoms with Crippen LogP contribution in [0.4, 0.5) is 13.2 Å². The number of likely N-dealkylation sites (tertiary alicyclic amines) is 1. The zero-order chi connectivity index (χ0) is 14.6. The van der Waals surface area contributed by atoms with Crippen molar-refractivity contribution in [3.05, 3.63) is 0 Å². The molecule has 0 aliphatic carbocycles. The number of piperidine rings is 1. The van der Waals surface area contributed by atoms with Gasteiger partial charge in [-0.2, -0.15) is 13.2 Å². The van der Waals surface area contributed by atoms with E-state index in [4.69, 9.17) is 5.11 Å². The highest BCUT2D eigenvalue weighted by molar-refractivity contribution is 5.81. The summed E-state index contributed by atoms with van der Waals surface area (Å²) >= 11 is 0. The van der Waals surface area contributed by atoms with Gasteiger partial charge in [0.25, 0.3) is 5.91 Å². The maximum Gasteiger partial charge on any atom is 0.411 e. The van der Waals surface area contributed by atoms with Crippen LogP contribution in [0.3, 0.4) is 0 Å². The summed E-state index contributed by atoms with van der Waals surface area (Å²) in [5.41, 5.74) is 0. The highest BCUT2D eigenvalue weighted by Crippen LogP contribution is 2.19. The van der Waals surface area contributed by atoms with E-state index in [0.717, 1.165) is 0 Å². The number of hydrogen-bond donors (Lipinski definition) is 1. The molecule has 0 bridgehead atoms. The highest BCUT2D eigenvalue weighted by atomic mass is 19.4. The lowest BCUT2D eigenvalue weighted by molar-refractivity contribution is -0.189. The zero-order valence-corrected chi connectivity index (χ0v) is 10.4. The number of carboxylic acid groups (broad SMARTS) is 1. The number of carboxylic acids is 1. The maximum atomic E-state index is 12.0. The molecule has 1 rings (SSSR count). The number of rotatable bonds is 4. The summed E-state index contributed by atoms with van der Waals surface area (Å²) in [7, 11) is 0. The molecular weight excluding hydrogens is 267 g/mol. The number of ether oxygens (including phenoxy) is 1. The number of amides is 1. The fraction of sp³-hybridized carbons (Fsp3) is 0.818. The first-order valence-electron chi connectivity index (χ1n) is 5.90. The quantitative estimate of drug-likeness (QED) is 0.844. The van der Waals surface area contributed by atoms with Gasteiger partial charge in [0, 0.05) is 13.1 Å². The molecule has 0 unspecified atom stereocenters. The summed E-state index contributed by atoms with van der Waals surface area (Å²) < 4.78 is 40.3. The van der Waals surface area contributed by atoms with E-state index >= 15 is 0 Å². The zero-order valence-electron chi connectivity index (χ0n) is 10.4. The standard InChI is InChI=1S/C11H16F3NO4/c1-7(19-6-11(12,13)14)9(16)15-4-2-3-8(5-15)10(17)18/h7-8H,2-6H2,1H3,(H,17,18)/t7-,8-/m0/s1. The minimum absolute atomic E-state index is 0.0217. The highest BCUT2D eigenvalue weighted by Gasteiger charge is 2.33. The van der Waals surface area contributed by atoms with Crippen molar-refractivity contribution in [2.45, 2.75) is 32.0 Å². The molecule has 1 fully saturated rings. The van der Waals surface area contributed by atoms with Gasteiger partial charge in [-0.05, 0) is 19.8 Å². The minimum Gasteiger partial charge on any atom is -0.481 e. The van der Waals surface area contributed by atoms with Crippen molar-refractivity contribution in [2.75, 3.05) is 19.7 Å². The van der Waals surface area contributed by atoms with Crippen LogP contribution in [0.25, 0.3) is 0 Å². The van der Waals surface area contributed by atoms with E-state index in [1.165, 1.54) is 11.8 Å². The molecule has 1 saturated heterocycles. The van der Waals surface area contributed by atoms with E-state index in [-0.39, 0.29) is 6.54 Å². The van der Waals surface area contributed by atoms with Crippen LogP contribution in [0.2, 0.25) is 0 Å². The van der Waals surface area contributed by atoms with Crippen LogP contribution in [0.15, 0.2) is 0 Å². The van der Waals surface area contributed by atoms with Crippen LogP contribution >= 0.6 is 0 Å². The molecule has 0 spiro atoms. The molecule has 19 heavy (non-hydrogen) atoms. The van der Waals surface area contributed by atoms with Crippen molar-refractivity contribution in [3.8, 4) is 0 Å². The van der Waals surface area contributed by atoms with E-state index in [1.807, 2.05) is 0 Å². The molecule has 2 atom stereocenters. The van der Waals surface area contributed by atoms with E-state index in [0.29, 0.717) is 19.4 Å². The van der Waals surface area contributed by atoms with E-state index < -0.39 is 36.7 Å². The average Bonchev–Trinajstić information content (AvgIpc) is 2.34. The molecule has 110 valence electrons. The smallest absolute Gasteiger partial charge is 0.411 e. The van der Waals surface area contributed by atoms with Gasteiger partial charge in [-0.1, -0.05) is 0 Å². The summed E-state index contributed by atoms with van der Waals surface area (Å²) in [5.74, 6) is -2.26. The number of halogens is 3. The van der Waals surface area contributed by atoms with Gasteiger partial charge in [0.2, 0.25) is 0 Å². The van der Waals surface area contributed by atoms with Gasteiger partial charge in [-0.3, -0.25) is 9.59 Å². The van der Waals surface area contributed by atoms with E-state index in [9.17, 15) is 22.8 Å². The van der Waals surface area contributed by atoms with Crippen molar-refractivity contribution in [1.82, 2.24) is 4.90 Å². The second-order valence-corrected chi connectivity index (χ2v) is 4.53. The summed E-state index contributed by atoms with van der Waals surface area (Å²) in [6.45, 7) is 0.116. The third-order valence-corrected chi connectivity index (χ3v) is 2.93. The van der Waals surface area contributed by atoms with Gasteiger partial charge in [0.15, 0.2) is 0 Å². The van der Waals surface area contributed by atoms with Crippen LogP contribution < -0.4 is 0 Å². The van der Waals surface area contributed by atoms with Gasteiger partial charge in [0.1, 0.15) is 12.7 Å². The van der Waals surface area contributed by atoms with Gasteiger partial charge < -0.3 is 14.7 Å². The molecule has 8 heteroatoms. The van der Waals surface area contributed by atoms with Crippen LogP contribution in [-0.2, 0) is 14.3 Å². The number of hydrogen-bond acceptors (Lipinski definition) is 3. The third-order valence-electron chi connectivity index (χ3n) is 2.93. The van der Waals surface area contributed by atoms with Crippen molar-refractivity contribution < 1.29 is 32.6 Å². The Labute approximate surface area is 108 Å². The number of alkyl halides is 3. The first-order chi connectivity index (χ1) is 8.70. The molecule has 0 aromatic rings. The first-order valence-corrected chi connectivity index (χ1v) is 5.90. The number of carbonyl (C=O) groups excluding carboxylic acids is 1. The molecule has 1 N–H and O–H groups in total. The lowest BCUT2D eigenvalue weighted by atomic mass is 9.98. The van der Waals surface area contributed by atoms with Crippen molar-refractivity contribution >= 4 is 11.9 Å². The molecule has 0 aromatic heterocycles. The maximum absolute atomic E-state index is 12.0. The number of nitrogens with zero attached hydrogens (tertiary/aromatic N) is 1. The molecule has 0 aromatic carbocycles. The second-order valence-electron chi connectivity index (χ2n) is 4.53. The topological polar surface area (TPSA) is 66.8 Å². The molecule has 5 nitrogen and oxygen atoms in total. The largest absolute Gasteiger partial charge is 0.481 e. The fourth-order valence-electron chi connectivity index (χ4n) is 1.93. The Morgan fingerprint density at radius 2 is 2.11 bits per heavy atom. The van der Waals surface area contributed by atoms with Gasteiger partial charge in [-0.15, -0.1) is 0 Å². The van der Waals surface area contributed by atoms with Crippen LogP contribution in [0.5, 0.6) is 0 Å². The first kappa shape index (κ1) is 15.7. The minimum atomic E-state index is -4.49. The Hall–Kier alpha value is -1.31. The summed E-state index contributed by atoms with van der Waals surface area (Å²) in [5, 5.41) is 8.87. The normalized spacial score (nSPS) is 22.1. The lowest BCUT2D eigenvalue weighted by Crippen LogP contribution is -2.47. The summed E-state index contributed by atoms with van der Waals surface area (Å²) in [4.78, 5) is 23.9. The Morgan fingerprint density at radius 1 is 1.47 bits per heavy atom. The van der Waals surface area contributed by atoms with Crippen molar-refractivity contribution in [1.29, 1.82) is 0 Å². The molecule has 1 aliphatic heterocycles. The second kappa shape index (κ2) is 6.23. The van der Waals surface area contributed by atoms with Gasteiger partial charge in [-0.25, -0.2) is 0 Å². The van der Waals surface area contributed by atoms with Gasteiger partial charge in [0.05, 0.1) is 5.92 Å². The monoisotopic (exact) mass is 283 g/mol. The van der Waals surface area contributed by atoms with Crippen LogP contribution in [-0.4, -0.2) is 53.9 Å². The molecular formula is C11H16F3NO4. The Kier molecular flexibility index (Phi) is 5.16. The molecule has 1 aliphatic rings. The fourth-order valence-corrected chi connectivity index (χ4v) is 1.93.